The zero-order valence-electron chi connectivity index (χ0n) is 17.9. The molecule has 174 valence electrons. The van der Waals surface area contributed by atoms with E-state index in [0.29, 0.717) is 18.7 Å². The van der Waals surface area contributed by atoms with Crippen LogP contribution in [0.15, 0.2) is 53.6 Å². The van der Waals surface area contributed by atoms with Gasteiger partial charge in [0.1, 0.15) is 10.7 Å². The van der Waals surface area contributed by atoms with Gasteiger partial charge in [0.15, 0.2) is 5.57 Å². The molecular formula is C24H19F3N4O2S. The SMILES string of the molecule is N#CC(C(=O)N1CCCCC1)=c1sc(=Cc2ccncc2)c(=O)n1-c1ccccc1C(F)(F)F. The van der Waals surface area contributed by atoms with Gasteiger partial charge in [-0.05, 0) is 55.2 Å². The largest absolute Gasteiger partial charge is 0.418 e. The number of para-hydroxylation sites is 1. The van der Waals surface area contributed by atoms with Gasteiger partial charge in [0.05, 0.1) is 15.8 Å². The molecule has 1 aromatic carbocycles. The van der Waals surface area contributed by atoms with Crippen molar-refractivity contribution in [3.8, 4) is 11.8 Å². The number of aromatic nitrogens is 2. The van der Waals surface area contributed by atoms with Gasteiger partial charge in [-0.1, -0.05) is 12.1 Å². The van der Waals surface area contributed by atoms with Gasteiger partial charge in [-0.25, -0.2) is 0 Å². The number of carbonyl (C=O) groups is 1. The lowest BCUT2D eigenvalue weighted by Gasteiger charge is -2.26. The number of nitriles is 1. The van der Waals surface area contributed by atoms with Gasteiger partial charge >= 0.3 is 6.18 Å². The van der Waals surface area contributed by atoms with Crippen LogP contribution in [0.5, 0.6) is 0 Å². The fraction of sp³-hybridized carbons (Fsp3) is 0.250. The van der Waals surface area contributed by atoms with Gasteiger partial charge in [0.2, 0.25) is 0 Å². The van der Waals surface area contributed by atoms with Crippen molar-refractivity contribution in [2.45, 2.75) is 25.4 Å². The Morgan fingerprint density at radius 1 is 1.09 bits per heavy atom. The second kappa shape index (κ2) is 9.65. The minimum atomic E-state index is -4.74. The van der Waals surface area contributed by atoms with E-state index in [-0.39, 0.29) is 14.8 Å². The quantitative estimate of drug-likeness (QED) is 0.573. The molecule has 34 heavy (non-hydrogen) atoms. The number of likely N-dealkylation sites (tertiary alicyclic amines) is 1. The van der Waals surface area contributed by atoms with Crippen molar-refractivity contribution in [2.75, 3.05) is 13.1 Å². The number of hydrogen-bond donors (Lipinski definition) is 0. The van der Waals surface area contributed by atoms with Gasteiger partial charge < -0.3 is 4.90 Å². The number of pyridine rings is 1. The highest BCUT2D eigenvalue weighted by Crippen LogP contribution is 2.33. The highest BCUT2D eigenvalue weighted by Gasteiger charge is 2.35. The van der Waals surface area contributed by atoms with Crippen molar-refractivity contribution < 1.29 is 18.0 Å². The van der Waals surface area contributed by atoms with Crippen LogP contribution >= 0.6 is 11.3 Å². The summed E-state index contributed by atoms with van der Waals surface area (Å²) in [6.07, 6.45) is 2.31. The van der Waals surface area contributed by atoms with Gasteiger partial charge in [-0.3, -0.25) is 19.1 Å². The van der Waals surface area contributed by atoms with Crippen molar-refractivity contribution in [1.29, 1.82) is 5.26 Å². The molecule has 0 aliphatic carbocycles. The van der Waals surface area contributed by atoms with Crippen LogP contribution in [-0.2, 0) is 11.0 Å². The second-order valence-corrected chi connectivity index (χ2v) is 8.72. The summed E-state index contributed by atoms with van der Waals surface area (Å²) in [4.78, 5) is 32.0. The molecule has 2 aromatic heterocycles. The fourth-order valence-corrected chi connectivity index (χ4v) is 4.92. The van der Waals surface area contributed by atoms with Crippen LogP contribution in [-0.4, -0.2) is 33.4 Å². The zero-order valence-corrected chi connectivity index (χ0v) is 18.7. The predicted octanol–water partition coefficient (Wildman–Crippen LogP) is 2.83. The second-order valence-electron chi connectivity index (χ2n) is 7.69. The fourth-order valence-electron chi connectivity index (χ4n) is 3.83. The molecule has 1 fully saturated rings. The number of carbonyl (C=O) groups excluding carboxylic acids is 1. The first-order valence-corrected chi connectivity index (χ1v) is 11.4. The maximum Gasteiger partial charge on any atom is 0.418 e. The van der Waals surface area contributed by atoms with Crippen LogP contribution in [0.1, 0.15) is 30.4 Å². The van der Waals surface area contributed by atoms with E-state index in [1.54, 1.807) is 12.1 Å². The van der Waals surface area contributed by atoms with E-state index in [9.17, 15) is 28.0 Å². The van der Waals surface area contributed by atoms with Crippen LogP contribution in [0.3, 0.4) is 0 Å². The van der Waals surface area contributed by atoms with E-state index < -0.39 is 28.9 Å². The third-order valence-corrected chi connectivity index (χ3v) is 6.55. The first kappa shape index (κ1) is 23.4. The molecule has 10 heteroatoms. The highest BCUT2D eigenvalue weighted by atomic mass is 32.1. The molecule has 0 radical (unpaired) electrons. The van der Waals surface area contributed by atoms with E-state index in [1.165, 1.54) is 35.5 Å². The average Bonchev–Trinajstić information content (AvgIpc) is 3.15. The maximum absolute atomic E-state index is 13.8. The molecule has 3 aromatic rings. The maximum atomic E-state index is 13.8. The monoisotopic (exact) mass is 484 g/mol. The lowest BCUT2D eigenvalue weighted by Crippen LogP contribution is -2.39. The minimum Gasteiger partial charge on any atom is -0.338 e. The van der Waals surface area contributed by atoms with Crippen molar-refractivity contribution in [3.05, 3.63) is 79.5 Å². The number of thiazole rings is 1. The Kier molecular flexibility index (Phi) is 6.65. The molecular weight excluding hydrogens is 465 g/mol. The molecule has 0 saturated carbocycles. The molecule has 1 amide bonds. The molecule has 1 saturated heterocycles. The minimum absolute atomic E-state index is 0.0948. The summed E-state index contributed by atoms with van der Waals surface area (Å²) >= 11 is 0.820. The van der Waals surface area contributed by atoms with Gasteiger partial charge in [0.25, 0.3) is 11.5 Å². The average molecular weight is 485 g/mol. The number of hydrogen-bond acceptors (Lipinski definition) is 5. The summed E-state index contributed by atoms with van der Waals surface area (Å²) < 4.78 is 42.2. The molecule has 1 aliphatic rings. The molecule has 3 heterocycles. The Balaban J connectivity index is 2.06. The van der Waals surface area contributed by atoms with E-state index in [0.717, 1.165) is 47.3 Å². The van der Waals surface area contributed by atoms with Crippen molar-refractivity contribution in [2.24, 2.45) is 0 Å². The Bertz CT molecular complexity index is 1430. The smallest absolute Gasteiger partial charge is 0.338 e. The summed E-state index contributed by atoms with van der Waals surface area (Å²) in [6, 6.07) is 9.77. The third kappa shape index (κ3) is 4.65. The molecule has 0 unspecified atom stereocenters. The Morgan fingerprint density at radius 3 is 2.41 bits per heavy atom. The summed E-state index contributed by atoms with van der Waals surface area (Å²) in [5, 5.41) is 9.89. The number of piperidine rings is 1. The molecule has 0 N–H and O–H groups in total. The zero-order chi connectivity index (χ0) is 24.3. The number of alkyl halides is 3. The van der Waals surface area contributed by atoms with Crippen molar-refractivity contribution in [3.63, 3.8) is 0 Å². The third-order valence-electron chi connectivity index (χ3n) is 5.46. The Morgan fingerprint density at radius 2 is 1.76 bits per heavy atom. The number of benzene rings is 1. The first-order chi connectivity index (χ1) is 16.3. The number of rotatable bonds is 3. The summed E-state index contributed by atoms with van der Waals surface area (Å²) in [6.45, 7) is 0.906. The van der Waals surface area contributed by atoms with Crippen LogP contribution < -0.4 is 14.8 Å². The Labute approximate surface area is 196 Å². The lowest BCUT2D eigenvalue weighted by atomic mass is 10.1. The van der Waals surface area contributed by atoms with Crippen molar-refractivity contribution in [1.82, 2.24) is 14.5 Å². The molecule has 6 nitrogen and oxygen atoms in total. The molecule has 0 bridgehead atoms. The van der Waals surface area contributed by atoms with Gasteiger partial charge in [0, 0.05) is 25.5 Å². The van der Waals surface area contributed by atoms with Gasteiger partial charge in [-0.15, -0.1) is 11.3 Å². The van der Waals surface area contributed by atoms with Crippen molar-refractivity contribution >= 4 is 28.9 Å². The summed E-state index contributed by atoms with van der Waals surface area (Å²) in [5.41, 5.74) is -1.95. The van der Waals surface area contributed by atoms with Crippen LogP contribution in [0, 0.1) is 11.3 Å². The van der Waals surface area contributed by atoms with Crippen LogP contribution in [0.4, 0.5) is 13.2 Å². The number of amides is 1. The lowest BCUT2D eigenvalue weighted by molar-refractivity contribution is -0.137. The molecule has 4 rings (SSSR count). The Hall–Kier alpha value is -3.71. The van der Waals surface area contributed by atoms with E-state index >= 15 is 0 Å². The summed E-state index contributed by atoms with van der Waals surface area (Å²) in [7, 11) is 0. The predicted molar refractivity (Wildman–Crippen MR) is 121 cm³/mol. The number of nitrogens with zero attached hydrogens (tertiary/aromatic N) is 4. The standard InChI is InChI=1S/C24H19F3N4O2S/c25-24(26,27)18-6-2-3-7-19(18)31-22(33)20(14-16-8-10-29-11-9-16)34-23(31)17(15-28)21(32)30-12-4-1-5-13-30/h2-3,6-11,14H,1,4-5,12-13H2. The molecule has 0 spiro atoms. The van der Waals surface area contributed by atoms with E-state index in [1.807, 2.05) is 6.07 Å². The van der Waals surface area contributed by atoms with E-state index in [2.05, 4.69) is 4.98 Å². The van der Waals surface area contributed by atoms with Crippen LogP contribution in [0.25, 0.3) is 17.3 Å². The summed E-state index contributed by atoms with van der Waals surface area (Å²) in [5.74, 6) is -0.586. The topological polar surface area (TPSA) is 79.0 Å². The molecule has 0 atom stereocenters. The van der Waals surface area contributed by atoms with Gasteiger partial charge in [-0.2, -0.15) is 18.4 Å². The first-order valence-electron chi connectivity index (χ1n) is 10.5. The van der Waals surface area contributed by atoms with E-state index in [4.69, 9.17) is 0 Å². The molecule has 1 aliphatic heterocycles. The highest BCUT2D eigenvalue weighted by molar-refractivity contribution is 7.07. The number of halogens is 3. The normalized spacial score (nSPS) is 15.7. The van der Waals surface area contributed by atoms with Crippen LogP contribution in [0.2, 0.25) is 0 Å².